The first kappa shape index (κ1) is 20.7. The molecule has 150 valence electrons. The minimum Gasteiger partial charge on any atom is -0.445 e. The Labute approximate surface area is 174 Å². The van der Waals surface area contributed by atoms with Crippen LogP contribution in [-0.2, 0) is 16.1 Å². The lowest BCUT2D eigenvalue weighted by atomic mass is 10.1. The second-order valence-corrected chi connectivity index (χ2v) is 7.90. The van der Waals surface area contributed by atoms with Gasteiger partial charge in [-0.15, -0.1) is 0 Å². The minimum atomic E-state index is -0.788. The van der Waals surface area contributed by atoms with Crippen LogP contribution in [0.3, 0.4) is 0 Å². The zero-order valence-corrected chi connectivity index (χ0v) is 16.9. The number of hydrogen-bond acceptors (Lipinski definition) is 5. The molecule has 1 fully saturated rings. The molecule has 6 nitrogen and oxygen atoms in total. The third-order valence-corrected chi connectivity index (χ3v) is 5.69. The average Bonchev–Trinajstić information content (AvgIpc) is 2.78. The Bertz CT molecular complexity index is 859. The van der Waals surface area contributed by atoms with Crippen LogP contribution >= 0.6 is 11.8 Å². The van der Waals surface area contributed by atoms with Gasteiger partial charge in [0.05, 0.1) is 11.6 Å². The Morgan fingerprint density at radius 1 is 1.07 bits per heavy atom. The summed E-state index contributed by atoms with van der Waals surface area (Å²) in [5, 5.41) is 10.9. The predicted octanol–water partition coefficient (Wildman–Crippen LogP) is 3.92. The lowest BCUT2D eigenvalue weighted by Crippen LogP contribution is -2.48. The predicted molar refractivity (Wildman–Crippen MR) is 111 cm³/mol. The van der Waals surface area contributed by atoms with E-state index in [0.29, 0.717) is 18.7 Å². The number of hydrogen-bond donors (Lipinski definition) is 1. The fourth-order valence-corrected chi connectivity index (χ4v) is 4.01. The molecular weight excluding hydrogens is 386 g/mol. The Morgan fingerprint density at radius 2 is 1.76 bits per heavy atom. The summed E-state index contributed by atoms with van der Waals surface area (Å²) in [6, 6.07) is 18.4. The van der Waals surface area contributed by atoms with Crippen LogP contribution in [0.15, 0.2) is 59.5 Å². The van der Waals surface area contributed by atoms with Crippen molar-refractivity contribution in [2.24, 2.45) is 0 Å². The summed E-state index contributed by atoms with van der Waals surface area (Å²) in [4.78, 5) is 28.0. The molecule has 0 aromatic heterocycles. The second-order valence-electron chi connectivity index (χ2n) is 6.73. The maximum absolute atomic E-state index is 13.0. The van der Waals surface area contributed by atoms with E-state index in [9.17, 15) is 9.59 Å². The van der Waals surface area contributed by atoms with Crippen molar-refractivity contribution in [3.8, 4) is 6.07 Å². The molecule has 1 aliphatic heterocycles. The molecule has 0 bridgehead atoms. The fourth-order valence-electron chi connectivity index (χ4n) is 3.04. The number of carbonyl (C=O) groups is 2. The van der Waals surface area contributed by atoms with E-state index in [1.807, 2.05) is 30.3 Å². The SMILES string of the molecule is N#Cc1ccc(SC(NC(=O)OCc2ccccc2)C(=O)N2CCCCC2)cc1. The molecule has 0 spiro atoms. The van der Waals surface area contributed by atoms with Gasteiger partial charge in [0.1, 0.15) is 6.61 Å². The third-order valence-electron chi connectivity index (χ3n) is 4.59. The number of likely N-dealkylation sites (tertiary alicyclic amines) is 1. The van der Waals surface area contributed by atoms with E-state index in [1.165, 1.54) is 11.8 Å². The lowest BCUT2D eigenvalue weighted by Gasteiger charge is -2.30. The Hall–Kier alpha value is -2.98. The summed E-state index contributed by atoms with van der Waals surface area (Å²) < 4.78 is 5.29. The van der Waals surface area contributed by atoms with Gasteiger partial charge in [-0.2, -0.15) is 5.26 Å². The van der Waals surface area contributed by atoms with E-state index in [4.69, 9.17) is 10.00 Å². The van der Waals surface area contributed by atoms with Gasteiger partial charge in [-0.3, -0.25) is 4.79 Å². The zero-order valence-electron chi connectivity index (χ0n) is 16.0. The summed E-state index contributed by atoms with van der Waals surface area (Å²) in [5.74, 6) is -0.129. The molecule has 1 heterocycles. The van der Waals surface area contributed by atoms with Crippen LogP contribution in [0, 0.1) is 11.3 Å². The molecule has 1 atom stereocenters. The first-order chi connectivity index (χ1) is 14.2. The molecular formula is C22H23N3O3S. The number of carbonyl (C=O) groups excluding carboxylic acids is 2. The summed E-state index contributed by atoms with van der Waals surface area (Å²) in [6.45, 7) is 1.53. The molecule has 3 rings (SSSR count). The van der Waals surface area contributed by atoms with Crippen molar-refractivity contribution in [1.82, 2.24) is 10.2 Å². The van der Waals surface area contributed by atoms with Gasteiger partial charge in [-0.05, 0) is 49.1 Å². The van der Waals surface area contributed by atoms with Gasteiger partial charge in [0.2, 0.25) is 0 Å². The molecule has 2 amide bonds. The van der Waals surface area contributed by atoms with E-state index in [-0.39, 0.29) is 12.5 Å². The quantitative estimate of drug-likeness (QED) is 0.578. The zero-order chi connectivity index (χ0) is 20.5. The molecule has 1 aliphatic rings. The van der Waals surface area contributed by atoms with Gasteiger partial charge in [-0.25, -0.2) is 4.79 Å². The largest absolute Gasteiger partial charge is 0.445 e. The fraction of sp³-hybridized carbons (Fsp3) is 0.318. The lowest BCUT2D eigenvalue weighted by molar-refractivity contribution is -0.132. The molecule has 2 aromatic rings. The molecule has 1 saturated heterocycles. The van der Waals surface area contributed by atoms with E-state index in [2.05, 4.69) is 11.4 Å². The van der Waals surface area contributed by atoms with Crippen LogP contribution in [0.4, 0.5) is 4.79 Å². The van der Waals surface area contributed by atoms with Crippen molar-refractivity contribution < 1.29 is 14.3 Å². The number of nitrogens with one attached hydrogen (secondary N) is 1. The number of piperidine rings is 1. The minimum absolute atomic E-state index is 0.129. The number of rotatable bonds is 6. The van der Waals surface area contributed by atoms with Crippen LogP contribution in [0.25, 0.3) is 0 Å². The van der Waals surface area contributed by atoms with Crippen LogP contribution in [0.2, 0.25) is 0 Å². The third kappa shape index (κ3) is 6.26. The average molecular weight is 410 g/mol. The first-order valence-corrected chi connectivity index (χ1v) is 10.5. The van der Waals surface area contributed by atoms with Crippen molar-refractivity contribution in [3.63, 3.8) is 0 Å². The van der Waals surface area contributed by atoms with Gasteiger partial charge in [0, 0.05) is 18.0 Å². The van der Waals surface area contributed by atoms with Crippen LogP contribution < -0.4 is 5.32 Å². The van der Waals surface area contributed by atoms with E-state index < -0.39 is 11.5 Å². The monoisotopic (exact) mass is 409 g/mol. The molecule has 0 saturated carbocycles. The molecule has 0 aliphatic carbocycles. The van der Waals surface area contributed by atoms with Crippen molar-refractivity contribution in [3.05, 3.63) is 65.7 Å². The Morgan fingerprint density at radius 3 is 2.41 bits per heavy atom. The van der Waals surface area contributed by atoms with Crippen LogP contribution in [0.5, 0.6) is 0 Å². The summed E-state index contributed by atoms with van der Waals surface area (Å²) in [5.41, 5.74) is 1.42. The van der Waals surface area contributed by atoms with Crippen LogP contribution in [-0.4, -0.2) is 35.4 Å². The van der Waals surface area contributed by atoms with Crippen molar-refractivity contribution in [2.75, 3.05) is 13.1 Å². The maximum Gasteiger partial charge on any atom is 0.408 e. The molecule has 0 radical (unpaired) electrons. The highest BCUT2D eigenvalue weighted by Gasteiger charge is 2.28. The molecule has 1 N–H and O–H groups in total. The number of benzene rings is 2. The van der Waals surface area contributed by atoms with Gasteiger partial charge in [0.15, 0.2) is 5.37 Å². The molecule has 2 aromatic carbocycles. The molecule has 7 heteroatoms. The normalized spacial score (nSPS) is 14.5. The van der Waals surface area contributed by atoms with E-state index >= 15 is 0 Å². The first-order valence-electron chi connectivity index (χ1n) is 9.58. The summed E-state index contributed by atoms with van der Waals surface area (Å²) in [6.07, 6.45) is 2.42. The number of ether oxygens (including phenoxy) is 1. The van der Waals surface area contributed by atoms with Gasteiger partial charge >= 0.3 is 6.09 Å². The number of amides is 2. The van der Waals surface area contributed by atoms with Crippen molar-refractivity contribution >= 4 is 23.8 Å². The number of nitriles is 1. The summed E-state index contributed by atoms with van der Waals surface area (Å²) in [7, 11) is 0. The highest BCUT2D eigenvalue weighted by molar-refractivity contribution is 8.00. The number of nitrogens with zero attached hydrogens (tertiary/aromatic N) is 2. The Kier molecular flexibility index (Phi) is 7.54. The number of thioether (sulfide) groups is 1. The second kappa shape index (κ2) is 10.5. The van der Waals surface area contributed by atoms with Gasteiger partial charge in [0.25, 0.3) is 5.91 Å². The van der Waals surface area contributed by atoms with Crippen LogP contribution in [0.1, 0.15) is 30.4 Å². The topological polar surface area (TPSA) is 82.4 Å². The van der Waals surface area contributed by atoms with Gasteiger partial charge in [-0.1, -0.05) is 42.1 Å². The Balaban J connectivity index is 1.66. The number of alkyl carbamates (subject to hydrolysis) is 1. The maximum atomic E-state index is 13.0. The molecule has 1 unspecified atom stereocenters. The van der Waals surface area contributed by atoms with E-state index in [1.54, 1.807) is 29.2 Å². The van der Waals surface area contributed by atoms with Crippen molar-refractivity contribution in [1.29, 1.82) is 5.26 Å². The van der Waals surface area contributed by atoms with Gasteiger partial charge < -0.3 is 15.0 Å². The molecule has 29 heavy (non-hydrogen) atoms. The standard InChI is InChI=1S/C22H23N3O3S/c23-15-17-9-11-19(12-10-17)29-20(21(26)25-13-5-2-6-14-25)24-22(27)28-16-18-7-3-1-4-8-18/h1,3-4,7-12,20H,2,5-6,13-14,16H2,(H,24,27). The van der Waals surface area contributed by atoms with E-state index in [0.717, 1.165) is 29.7 Å². The smallest absolute Gasteiger partial charge is 0.408 e. The highest BCUT2D eigenvalue weighted by atomic mass is 32.2. The highest BCUT2D eigenvalue weighted by Crippen LogP contribution is 2.25. The summed E-state index contributed by atoms with van der Waals surface area (Å²) >= 11 is 1.25. The van der Waals surface area contributed by atoms with Crippen molar-refractivity contribution in [2.45, 2.75) is 36.1 Å².